The van der Waals surface area contributed by atoms with Crippen molar-refractivity contribution in [1.82, 2.24) is 0 Å². The molecule has 1 aliphatic heterocycles. The van der Waals surface area contributed by atoms with Crippen LogP contribution in [0.2, 0.25) is 0 Å². The van der Waals surface area contributed by atoms with Gasteiger partial charge in [0, 0.05) is 0 Å². The van der Waals surface area contributed by atoms with E-state index in [1.165, 1.54) is 0 Å². The van der Waals surface area contributed by atoms with Gasteiger partial charge in [-0.1, -0.05) is 11.6 Å². The van der Waals surface area contributed by atoms with Crippen LogP contribution in [-0.4, -0.2) is 28.0 Å². The van der Waals surface area contributed by atoms with Gasteiger partial charge < -0.3 is 10.4 Å². The Bertz CT molecular complexity index is 481. The van der Waals surface area contributed by atoms with Gasteiger partial charge in [0.1, 0.15) is 0 Å². The Morgan fingerprint density at radius 1 is 1.44 bits per heavy atom. The normalized spacial score (nSPS) is 18.6. The number of carboxylic acid groups (broad SMARTS) is 1. The van der Waals surface area contributed by atoms with E-state index in [0.717, 1.165) is 24.2 Å². The van der Waals surface area contributed by atoms with Crippen LogP contribution >= 0.6 is 11.8 Å². The second kappa shape index (κ2) is 5.44. The maximum absolute atomic E-state index is 11.9. The molecule has 0 spiro atoms. The molecule has 0 saturated carbocycles. The van der Waals surface area contributed by atoms with Crippen LogP contribution in [0.5, 0.6) is 0 Å². The Balaban J connectivity index is 2.17. The van der Waals surface area contributed by atoms with Crippen molar-refractivity contribution in [2.75, 3.05) is 11.1 Å². The van der Waals surface area contributed by atoms with Crippen molar-refractivity contribution in [3.8, 4) is 0 Å². The highest BCUT2D eigenvalue weighted by atomic mass is 32.2. The molecule has 1 amide bonds. The van der Waals surface area contributed by atoms with E-state index >= 15 is 0 Å². The predicted molar refractivity (Wildman–Crippen MR) is 72.2 cm³/mol. The van der Waals surface area contributed by atoms with Gasteiger partial charge in [-0.05, 0) is 37.7 Å². The zero-order valence-electron chi connectivity index (χ0n) is 10.1. The molecule has 2 rings (SSSR count). The number of thioether (sulfide) groups is 1. The molecule has 1 heterocycles. The summed E-state index contributed by atoms with van der Waals surface area (Å²) < 4.78 is 0. The first-order chi connectivity index (χ1) is 8.58. The van der Waals surface area contributed by atoms with Gasteiger partial charge in [-0.15, -0.1) is 11.8 Å². The van der Waals surface area contributed by atoms with Crippen molar-refractivity contribution in [1.29, 1.82) is 0 Å². The van der Waals surface area contributed by atoms with Gasteiger partial charge in [0.2, 0.25) is 5.91 Å². The fraction of sp³-hybridized carbons (Fsp3) is 0.385. The molecule has 1 aromatic rings. The molecule has 0 bridgehead atoms. The van der Waals surface area contributed by atoms with Crippen LogP contribution in [0.15, 0.2) is 18.2 Å². The van der Waals surface area contributed by atoms with E-state index in [1.807, 2.05) is 6.92 Å². The molecule has 1 saturated heterocycles. The SMILES string of the molecule is Cc1ccc(NC(=O)C2CCCS2)c(C(=O)O)c1. The van der Waals surface area contributed by atoms with Gasteiger partial charge in [-0.2, -0.15) is 0 Å². The first-order valence-corrected chi connectivity index (χ1v) is 6.89. The molecule has 0 aliphatic carbocycles. The van der Waals surface area contributed by atoms with Crippen molar-refractivity contribution in [3.63, 3.8) is 0 Å². The van der Waals surface area contributed by atoms with Gasteiger partial charge in [-0.25, -0.2) is 4.79 Å². The average molecular weight is 265 g/mol. The van der Waals surface area contributed by atoms with Gasteiger partial charge in [-0.3, -0.25) is 4.79 Å². The number of aryl methyl sites for hydroxylation is 1. The number of aromatic carboxylic acids is 1. The van der Waals surface area contributed by atoms with Crippen LogP contribution in [0.3, 0.4) is 0 Å². The zero-order chi connectivity index (χ0) is 13.1. The summed E-state index contributed by atoms with van der Waals surface area (Å²) in [6, 6.07) is 5.01. The van der Waals surface area contributed by atoms with E-state index < -0.39 is 5.97 Å². The second-order valence-corrected chi connectivity index (χ2v) is 5.66. The molecule has 5 heteroatoms. The van der Waals surface area contributed by atoms with Crippen molar-refractivity contribution >= 4 is 29.3 Å². The summed E-state index contributed by atoms with van der Waals surface area (Å²) in [7, 11) is 0. The maximum Gasteiger partial charge on any atom is 0.337 e. The molecule has 96 valence electrons. The Morgan fingerprint density at radius 2 is 2.22 bits per heavy atom. The highest BCUT2D eigenvalue weighted by Gasteiger charge is 2.24. The fourth-order valence-electron chi connectivity index (χ4n) is 1.94. The van der Waals surface area contributed by atoms with Crippen molar-refractivity contribution in [2.24, 2.45) is 0 Å². The molecule has 1 aliphatic rings. The number of nitrogens with one attached hydrogen (secondary N) is 1. The largest absolute Gasteiger partial charge is 0.478 e. The van der Waals surface area contributed by atoms with E-state index in [2.05, 4.69) is 5.32 Å². The minimum atomic E-state index is -1.02. The summed E-state index contributed by atoms with van der Waals surface area (Å²) in [5.74, 6) is -0.116. The third kappa shape index (κ3) is 2.85. The van der Waals surface area contributed by atoms with Crippen LogP contribution in [0, 0.1) is 6.92 Å². The molecule has 1 aromatic carbocycles. The predicted octanol–water partition coefficient (Wildman–Crippen LogP) is 2.53. The second-order valence-electron chi connectivity index (χ2n) is 4.35. The lowest BCUT2D eigenvalue weighted by molar-refractivity contribution is -0.115. The number of carboxylic acids is 1. The highest BCUT2D eigenvalue weighted by Crippen LogP contribution is 2.28. The first kappa shape index (κ1) is 13.0. The Labute approximate surface area is 110 Å². The van der Waals surface area contributed by atoms with Crippen LogP contribution in [0.4, 0.5) is 5.69 Å². The van der Waals surface area contributed by atoms with Crippen molar-refractivity contribution in [2.45, 2.75) is 25.0 Å². The third-order valence-corrected chi connectivity index (χ3v) is 4.26. The molecular weight excluding hydrogens is 250 g/mol. The van der Waals surface area contributed by atoms with E-state index in [1.54, 1.807) is 30.0 Å². The zero-order valence-corrected chi connectivity index (χ0v) is 10.9. The lowest BCUT2D eigenvalue weighted by atomic mass is 10.1. The number of anilines is 1. The van der Waals surface area contributed by atoms with Crippen LogP contribution < -0.4 is 5.32 Å². The topological polar surface area (TPSA) is 66.4 Å². The lowest BCUT2D eigenvalue weighted by Crippen LogP contribution is -2.24. The summed E-state index contributed by atoms with van der Waals surface area (Å²) in [4.78, 5) is 23.1. The monoisotopic (exact) mass is 265 g/mol. The Morgan fingerprint density at radius 3 is 2.83 bits per heavy atom. The number of benzene rings is 1. The minimum Gasteiger partial charge on any atom is -0.478 e. The summed E-state index contributed by atoms with van der Waals surface area (Å²) in [5, 5.41) is 11.8. The van der Waals surface area contributed by atoms with Crippen LogP contribution in [0.25, 0.3) is 0 Å². The molecule has 0 aromatic heterocycles. The van der Waals surface area contributed by atoms with Crippen LogP contribution in [0.1, 0.15) is 28.8 Å². The van der Waals surface area contributed by atoms with E-state index in [4.69, 9.17) is 5.11 Å². The number of amides is 1. The van der Waals surface area contributed by atoms with Gasteiger partial charge in [0.15, 0.2) is 0 Å². The third-order valence-electron chi connectivity index (χ3n) is 2.89. The van der Waals surface area contributed by atoms with Gasteiger partial charge >= 0.3 is 5.97 Å². The van der Waals surface area contributed by atoms with E-state index in [0.29, 0.717) is 5.69 Å². The summed E-state index contributed by atoms with van der Waals surface area (Å²) in [6.07, 6.45) is 1.91. The standard InChI is InChI=1S/C13H15NO3S/c1-8-4-5-10(9(7-8)13(16)17)14-12(15)11-3-2-6-18-11/h4-5,7,11H,2-3,6H2,1H3,(H,14,15)(H,16,17). The van der Waals surface area contributed by atoms with E-state index in [9.17, 15) is 9.59 Å². The molecular formula is C13H15NO3S. The number of rotatable bonds is 3. The lowest BCUT2D eigenvalue weighted by Gasteiger charge is -2.12. The van der Waals surface area contributed by atoms with E-state index in [-0.39, 0.29) is 16.7 Å². The highest BCUT2D eigenvalue weighted by molar-refractivity contribution is 8.00. The summed E-state index contributed by atoms with van der Waals surface area (Å²) in [6.45, 7) is 1.82. The number of carbonyl (C=O) groups excluding carboxylic acids is 1. The fourth-order valence-corrected chi connectivity index (χ4v) is 3.10. The summed E-state index contributed by atoms with van der Waals surface area (Å²) in [5.41, 5.74) is 1.39. The number of carbonyl (C=O) groups is 2. The molecule has 1 atom stereocenters. The molecule has 1 unspecified atom stereocenters. The molecule has 0 radical (unpaired) electrons. The summed E-state index contributed by atoms with van der Waals surface area (Å²) >= 11 is 1.63. The van der Waals surface area contributed by atoms with Gasteiger partial charge in [0.25, 0.3) is 0 Å². The average Bonchev–Trinajstić information content (AvgIpc) is 2.84. The van der Waals surface area contributed by atoms with Crippen molar-refractivity contribution < 1.29 is 14.7 Å². The van der Waals surface area contributed by atoms with Crippen molar-refractivity contribution in [3.05, 3.63) is 29.3 Å². The molecule has 4 nitrogen and oxygen atoms in total. The molecule has 2 N–H and O–H groups in total. The Hall–Kier alpha value is -1.49. The molecule has 18 heavy (non-hydrogen) atoms. The number of hydrogen-bond donors (Lipinski definition) is 2. The number of hydrogen-bond acceptors (Lipinski definition) is 3. The quantitative estimate of drug-likeness (QED) is 0.881. The first-order valence-electron chi connectivity index (χ1n) is 5.84. The van der Waals surface area contributed by atoms with Crippen LogP contribution in [-0.2, 0) is 4.79 Å². The maximum atomic E-state index is 11.9. The smallest absolute Gasteiger partial charge is 0.337 e. The minimum absolute atomic E-state index is 0.0482. The van der Waals surface area contributed by atoms with Gasteiger partial charge in [0.05, 0.1) is 16.5 Å². The molecule has 1 fully saturated rings. The Kier molecular flexibility index (Phi) is 3.91.